The maximum atomic E-state index is 11.2. The van der Waals surface area contributed by atoms with Crippen LogP contribution in [0.1, 0.15) is 38.9 Å². The van der Waals surface area contributed by atoms with Crippen molar-refractivity contribution in [1.29, 1.82) is 0 Å². The minimum atomic E-state index is 0.226. The van der Waals surface area contributed by atoms with Crippen molar-refractivity contribution >= 4 is 5.78 Å². The Kier molecular flexibility index (Phi) is 3.17. The molecule has 0 spiro atoms. The quantitative estimate of drug-likeness (QED) is 0.705. The van der Waals surface area contributed by atoms with Crippen LogP contribution in [0.4, 0.5) is 0 Å². The predicted molar refractivity (Wildman–Crippen MR) is 49.4 cm³/mol. The van der Waals surface area contributed by atoms with Gasteiger partial charge in [0.05, 0.1) is 11.9 Å². The number of aromatic nitrogens is 3. The van der Waals surface area contributed by atoms with Crippen LogP contribution < -0.4 is 0 Å². The van der Waals surface area contributed by atoms with E-state index in [-0.39, 0.29) is 11.8 Å². The molecule has 13 heavy (non-hydrogen) atoms. The summed E-state index contributed by atoms with van der Waals surface area (Å²) in [5.74, 6) is 0.226. The molecule has 0 aliphatic heterocycles. The van der Waals surface area contributed by atoms with Crippen molar-refractivity contribution in [3.05, 3.63) is 11.9 Å². The van der Waals surface area contributed by atoms with E-state index >= 15 is 0 Å². The fourth-order valence-electron chi connectivity index (χ4n) is 1.15. The van der Waals surface area contributed by atoms with E-state index in [9.17, 15) is 4.79 Å². The summed E-state index contributed by atoms with van der Waals surface area (Å²) in [7, 11) is 0. The lowest BCUT2D eigenvalue weighted by molar-refractivity contribution is -0.118. The van der Waals surface area contributed by atoms with Gasteiger partial charge in [-0.05, 0) is 13.8 Å². The second-order valence-electron chi connectivity index (χ2n) is 3.33. The van der Waals surface area contributed by atoms with Gasteiger partial charge >= 0.3 is 0 Å². The van der Waals surface area contributed by atoms with E-state index in [1.165, 1.54) is 0 Å². The van der Waals surface area contributed by atoms with E-state index in [1.54, 1.807) is 10.9 Å². The molecular formula is C9H15N3O. The van der Waals surface area contributed by atoms with Gasteiger partial charge in [-0.1, -0.05) is 12.1 Å². The number of rotatable bonds is 4. The number of carbonyl (C=O) groups excluding carboxylic acids is 1. The summed E-state index contributed by atoms with van der Waals surface area (Å²) >= 11 is 0. The van der Waals surface area contributed by atoms with Crippen LogP contribution in [-0.2, 0) is 11.2 Å². The maximum Gasteiger partial charge on any atom is 0.138 e. The molecule has 0 aromatic carbocycles. The summed E-state index contributed by atoms with van der Waals surface area (Å²) in [6.45, 7) is 5.91. The second-order valence-corrected chi connectivity index (χ2v) is 3.33. The Morgan fingerprint density at radius 3 is 2.85 bits per heavy atom. The molecule has 0 aliphatic carbocycles. The highest BCUT2D eigenvalue weighted by Crippen LogP contribution is 2.07. The molecule has 0 bridgehead atoms. The van der Waals surface area contributed by atoms with Crippen molar-refractivity contribution in [3.63, 3.8) is 0 Å². The number of hydrogen-bond donors (Lipinski definition) is 0. The highest BCUT2D eigenvalue weighted by molar-refractivity contribution is 5.80. The number of carbonyl (C=O) groups is 1. The Bertz CT molecular complexity index is 291. The summed E-state index contributed by atoms with van der Waals surface area (Å²) in [4.78, 5) is 11.2. The first-order valence-corrected chi connectivity index (χ1v) is 4.56. The summed E-state index contributed by atoms with van der Waals surface area (Å²) in [5, 5.41) is 7.71. The van der Waals surface area contributed by atoms with Crippen LogP contribution >= 0.6 is 0 Å². The van der Waals surface area contributed by atoms with Gasteiger partial charge in [-0.3, -0.25) is 4.79 Å². The fourth-order valence-corrected chi connectivity index (χ4v) is 1.15. The normalized spacial score (nSPS) is 10.8. The molecule has 4 nitrogen and oxygen atoms in total. The summed E-state index contributed by atoms with van der Waals surface area (Å²) in [5.41, 5.74) is 0.904. The zero-order valence-electron chi connectivity index (χ0n) is 8.32. The summed E-state index contributed by atoms with van der Waals surface area (Å²) < 4.78 is 1.79. The number of nitrogens with zero attached hydrogens (tertiary/aromatic N) is 3. The predicted octanol–water partition coefficient (Wildman–Crippen LogP) is 1.38. The first kappa shape index (κ1) is 9.89. The Balaban J connectivity index is 2.76. The topological polar surface area (TPSA) is 47.8 Å². The van der Waals surface area contributed by atoms with Crippen molar-refractivity contribution in [2.45, 2.75) is 39.7 Å². The van der Waals surface area contributed by atoms with Crippen molar-refractivity contribution in [1.82, 2.24) is 15.0 Å². The standard InChI is InChI=1S/C9H15N3O/c1-4-9(13)5-8-6-10-11-12(8)7(2)3/h6-7H,4-5H2,1-3H3. The Morgan fingerprint density at radius 1 is 1.62 bits per heavy atom. The van der Waals surface area contributed by atoms with E-state index in [0.29, 0.717) is 12.8 Å². The molecule has 72 valence electrons. The largest absolute Gasteiger partial charge is 0.299 e. The zero-order valence-corrected chi connectivity index (χ0v) is 8.32. The van der Waals surface area contributed by atoms with Gasteiger partial charge in [0, 0.05) is 18.9 Å². The van der Waals surface area contributed by atoms with Gasteiger partial charge in [0.15, 0.2) is 0 Å². The van der Waals surface area contributed by atoms with Crippen molar-refractivity contribution in [2.24, 2.45) is 0 Å². The third-order valence-corrected chi connectivity index (χ3v) is 1.91. The average Bonchev–Trinajstić information content (AvgIpc) is 2.52. The molecule has 0 aliphatic rings. The van der Waals surface area contributed by atoms with Crippen LogP contribution in [0.5, 0.6) is 0 Å². The SMILES string of the molecule is CCC(=O)Cc1cnnn1C(C)C. The molecule has 1 aromatic heterocycles. The van der Waals surface area contributed by atoms with Crippen LogP contribution in [0, 0.1) is 0 Å². The van der Waals surface area contributed by atoms with E-state index in [4.69, 9.17) is 0 Å². The summed E-state index contributed by atoms with van der Waals surface area (Å²) in [6, 6.07) is 0.266. The number of hydrogen-bond acceptors (Lipinski definition) is 3. The van der Waals surface area contributed by atoms with E-state index in [1.807, 2.05) is 20.8 Å². The molecule has 1 rings (SSSR count). The summed E-state index contributed by atoms with van der Waals surface area (Å²) in [6.07, 6.45) is 2.68. The third-order valence-electron chi connectivity index (χ3n) is 1.91. The van der Waals surface area contributed by atoms with E-state index < -0.39 is 0 Å². The van der Waals surface area contributed by atoms with Crippen LogP contribution in [0.3, 0.4) is 0 Å². The monoisotopic (exact) mass is 181 g/mol. The second kappa shape index (κ2) is 4.16. The highest BCUT2D eigenvalue weighted by Gasteiger charge is 2.09. The molecule has 0 N–H and O–H groups in total. The molecule has 0 saturated carbocycles. The fraction of sp³-hybridized carbons (Fsp3) is 0.667. The van der Waals surface area contributed by atoms with Gasteiger partial charge in [0.2, 0.25) is 0 Å². The van der Waals surface area contributed by atoms with Gasteiger partial charge in [0.25, 0.3) is 0 Å². The average molecular weight is 181 g/mol. The molecule has 0 amide bonds. The first-order valence-electron chi connectivity index (χ1n) is 4.56. The van der Waals surface area contributed by atoms with Crippen LogP contribution in [-0.4, -0.2) is 20.8 Å². The lowest BCUT2D eigenvalue weighted by Gasteiger charge is -2.07. The lowest BCUT2D eigenvalue weighted by atomic mass is 10.2. The van der Waals surface area contributed by atoms with Gasteiger partial charge in [-0.2, -0.15) is 0 Å². The molecule has 1 heterocycles. The molecule has 0 fully saturated rings. The molecule has 0 atom stereocenters. The van der Waals surface area contributed by atoms with Gasteiger partial charge in [-0.15, -0.1) is 5.10 Å². The Labute approximate surface area is 77.9 Å². The third kappa shape index (κ3) is 2.37. The molecule has 4 heteroatoms. The van der Waals surface area contributed by atoms with E-state index in [2.05, 4.69) is 10.3 Å². The Morgan fingerprint density at radius 2 is 2.31 bits per heavy atom. The van der Waals surface area contributed by atoms with Crippen molar-refractivity contribution < 1.29 is 4.79 Å². The molecule has 0 unspecified atom stereocenters. The van der Waals surface area contributed by atoms with Crippen LogP contribution in [0.15, 0.2) is 6.20 Å². The molecule has 0 saturated heterocycles. The maximum absolute atomic E-state index is 11.2. The molecule has 0 radical (unpaired) electrons. The number of Topliss-reactive ketones (excluding diaryl/α,β-unsaturated/α-hetero) is 1. The minimum absolute atomic E-state index is 0.226. The Hall–Kier alpha value is -1.19. The van der Waals surface area contributed by atoms with Gasteiger partial charge < -0.3 is 0 Å². The smallest absolute Gasteiger partial charge is 0.138 e. The van der Waals surface area contributed by atoms with Crippen molar-refractivity contribution in [2.75, 3.05) is 0 Å². The molecule has 1 aromatic rings. The van der Waals surface area contributed by atoms with Crippen LogP contribution in [0.25, 0.3) is 0 Å². The van der Waals surface area contributed by atoms with Crippen molar-refractivity contribution in [3.8, 4) is 0 Å². The highest BCUT2D eigenvalue weighted by atomic mass is 16.1. The minimum Gasteiger partial charge on any atom is -0.299 e. The first-order chi connectivity index (χ1) is 6.15. The van der Waals surface area contributed by atoms with E-state index in [0.717, 1.165) is 5.69 Å². The van der Waals surface area contributed by atoms with Crippen LogP contribution in [0.2, 0.25) is 0 Å². The molecular weight excluding hydrogens is 166 g/mol. The lowest BCUT2D eigenvalue weighted by Crippen LogP contribution is -2.11. The zero-order chi connectivity index (χ0) is 9.84. The number of ketones is 1. The van der Waals surface area contributed by atoms with Gasteiger partial charge in [0.1, 0.15) is 5.78 Å². The van der Waals surface area contributed by atoms with Gasteiger partial charge in [-0.25, -0.2) is 4.68 Å².